The standard InChI is InChI=1S/C17H28O2Se/c1-3-4-5-6-7-8-10-13-16(2)20(18,19)17-14-11-9-12-15-17/h9,11-12,14-16H,3-8,10,13H2,1-2H3. The molecule has 0 bridgehead atoms. The van der Waals surface area contributed by atoms with E-state index in [9.17, 15) is 7.67 Å². The van der Waals surface area contributed by atoms with E-state index in [0.29, 0.717) is 4.46 Å². The maximum atomic E-state index is 12.4. The Morgan fingerprint density at radius 1 is 0.900 bits per heavy atom. The Hall–Kier alpha value is -0.661. The molecular formula is C17H28O2Se. The quantitative estimate of drug-likeness (QED) is 0.455. The van der Waals surface area contributed by atoms with Gasteiger partial charge in [0.05, 0.1) is 0 Å². The van der Waals surface area contributed by atoms with Gasteiger partial charge >= 0.3 is 125 Å². The van der Waals surface area contributed by atoms with Crippen molar-refractivity contribution in [2.45, 2.75) is 70.0 Å². The molecule has 20 heavy (non-hydrogen) atoms. The first-order valence-corrected chi connectivity index (χ1v) is 11.1. The molecule has 114 valence electrons. The molecule has 1 unspecified atom stereocenters. The van der Waals surface area contributed by atoms with Crippen LogP contribution in [0.2, 0.25) is 4.82 Å². The first-order valence-electron chi connectivity index (χ1n) is 7.88. The van der Waals surface area contributed by atoms with Gasteiger partial charge in [-0.25, -0.2) is 0 Å². The number of rotatable bonds is 10. The fraction of sp³-hybridized carbons (Fsp3) is 0.647. The van der Waals surface area contributed by atoms with Crippen LogP contribution in [-0.2, 0) is 7.67 Å². The Morgan fingerprint density at radius 2 is 1.45 bits per heavy atom. The number of hydrogen-bond donors (Lipinski definition) is 0. The van der Waals surface area contributed by atoms with Crippen LogP contribution in [0.25, 0.3) is 0 Å². The van der Waals surface area contributed by atoms with Crippen molar-refractivity contribution in [3.8, 4) is 0 Å². The van der Waals surface area contributed by atoms with E-state index in [1.807, 2.05) is 13.0 Å². The van der Waals surface area contributed by atoms with Crippen LogP contribution >= 0.6 is 0 Å². The van der Waals surface area contributed by atoms with Crippen molar-refractivity contribution < 1.29 is 7.67 Å². The van der Waals surface area contributed by atoms with Crippen molar-refractivity contribution >= 4 is 17.2 Å². The van der Waals surface area contributed by atoms with Gasteiger partial charge < -0.3 is 0 Å². The van der Waals surface area contributed by atoms with Gasteiger partial charge in [0.25, 0.3) is 0 Å². The molecule has 3 heteroatoms. The van der Waals surface area contributed by atoms with Gasteiger partial charge in [0.2, 0.25) is 0 Å². The average molecular weight is 343 g/mol. The van der Waals surface area contributed by atoms with Crippen LogP contribution in [0.15, 0.2) is 30.3 Å². The molecule has 0 aromatic heterocycles. The molecule has 0 saturated heterocycles. The molecule has 0 N–H and O–H groups in total. The van der Waals surface area contributed by atoms with Crippen LogP contribution < -0.4 is 4.46 Å². The van der Waals surface area contributed by atoms with E-state index in [4.69, 9.17) is 0 Å². The number of benzene rings is 1. The third-order valence-corrected chi connectivity index (χ3v) is 8.48. The third-order valence-electron chi connectivity index (χ3n) is 3.82. The van der Waals surface area contributed by atoms with E-state index in [2.05, 4.69) is 6.92 Å². The summed E-state index contributed by atoms with van der Waals surface area (Å²) in [4.78, 5) is -0.204. The summed E-state index contributed by atoms with van der Waals surface area (Å²) in [6.45, 7) is 4.09. The molecule has 1 aromatic carbocycles. The van der Waals surface area contributed by atoms with Crippen molar-refractivity contribution in [2.24, 2.45) is 0 Å². The Bertz CT molecular complexity index is 451. The summed E-state index contributed by atoms with van der Waals surface area (Å²) in [5.41, 5.74) is 0. The molecule has 0 radical (unpaired) electrons. The van der Waals surface area contributed by atoms with E-state index in [-0.39, 0.29) is 4.82 Å². The molecule has 0 fully saturated rings. The van der Waals surface area contributed by atoms with Crippen LogP contribution in [0.3, 0.4) is 0 Å². The molecule has 1 atom stereocenters. The molecule has 0 saturated carbocycles. The monoisotopic (exact) mass is 344 g/mol. The van der Waals surface area contributed by atoms with Gasteiger partial charge in [-0.1, -0.05) is 0 Å². The number of unbranched alkanes of at least 4 members (excludes halogenated alkanes) is 6. The first kappa shape index (κ1) is 17.4. The molecule has 1 aromatic rings. The molecule has 0 heterocycles. The van der Waals surface area contributed by atoms with E-state index in [1.54, 1.807) is 24.3 Å². The van der Waals surface area contributed by atoms with Crippen molar-refractivity contribution in [3.63, 3.8) is 0 Å². The van der Waals surface area contributed by atoms with E-state index in [0.717, 1.165) is 19.3 Å². The summed E-state index contributed by atoms with van der Waals surface area (Å²) >= 11 is -3.96. The van der Waals surface area contributed by atoms with Crippen molar-refractivity contribution in [1.29, 1.82) is 0 Å². The van der Waals surface area contributed by atoms with Crippen molar-refractivity contribution in [3.05, 3.63) is 30.3 Å². The molecule has 2 nitrogen and oxygen atoms in total. The number of hydrogen-bond acceptors (Lipinski definition) is 2. The molecule has 0 aliphatic carbocycles. The molecule has 1 rings (SSSR count). The Morgan fingerprint density at radius 3 is 2.05 bits per heavy atom. The summed E-state index contributed by atoms with van der Waals surface area (Å²) in [7, 11) is 0. The minimum atomic E-state index is -3.96. The van der Waals surface area contributed by atoms with E-state index >= 15 is 0 Å². The zero-order valence-electron chi connectivity index (χ0n) is 12.8. The first-order chi connectivity index (χ1) is 9.59. The second-order valence-corrected chi connectivity index (χ2v) is 10.5. The average Bonchev–Trinajstić information content (AvgIpc) is 2.47. The van der Waals surface area contributed by atoms with Crippen LogP contribution in [0, 0.1) is 0 Å². The van der Waals surface area contributed by atoms with Gasteiger partial charge in [-0.3, -0.25) is 0 Å². The summed E-state index contributed by atoms with van der Waals surface area (Å²) in [6.07, 6.45) is 9.44. The molecule has 0 aliphatic heterocycles. The Balaban J connectivity index is 2.30. The van der Waals surface area contributed by atoms with E-state index < -0.39 is 12.7 Å². The molecule has 0 amide bonds. The Labute approximate surface area is 125 Å². The molecule has 0 spiro atoms. The van der Waals surface area contributed by atoms with Gasteiger partial charge in [-0.2, -0.15) is 0 Å². The van der Waals surface area contributed by atoms with Crippen molar-refractivity contribution in [2.75, 3.05) is 0 Å². The van der Waals surface area contributed by atoms with Crippen LogP contribution in [0.1, 0.15) is 65.2 Å². The molecule has 0 aliphatic rings. The third kappa shape index (κ3) is 5.76. The van der Waals surface area contributed by atoms with Crippen LogP contribution in [-0.4, -0.2) is 12.7 Å². The Kier molecular flexibility index (Phi) is 8.09. The zero-order chi connectivity index (χ0) is 14.8. The van der Waals surface area contributed by atoms with Gasteiger partial charge in [-0.15, -0.1) is 0 Å². The summed E-state index contributed by atoms with van der Waals surface area (Å²) in [5.74, 6) is 0. The summed E-state index contributed by atoms with van der Waals surface area (Å²) in [6, 6.07) is 8.91. The normalized spacial score (nSPS) is 13.3. The van der Waals surface area contributed by atoms with Crippen LogP contribution in [0.5, 0.6) is 0 Å². The predicted molar refractivity (Wildman–Crippen MR) is 85.2 cm³/mol. The second-order valence-electron chi connectivity index (χ2n) is 5.58. The van der Waals surface area contributed by atoms with Gasteiger partial charge in [0.1, 0.15) is 0 Å². The van der Waals surface area contributed by atoms with Gasteiger partial charge in [0.15, 0.2) is 0 Å². The predicted octanol–water partition coefficient (Wildman–Crippen LogP) is 4.73. The van der Waals surface area contributed by atoms with Crippen molar-refractivity contribution in [1.82, 2.24) is 0 Å². The fourth-order valence-electron chi connectivity index (χ4n) is 2.39. The maximum absolute atomic E-state index is 12.4. The molecular weight excluding hydrogens is 315 g/mol. The van der Waals surface area contributed by atoms with Gasteiger partial charge in [0, 0.05) is 0 Å². The van der Waals surface area contributed by atoms with Gasteiger partial charge in [-0.05, 0) is 0 Å². The SMILES string of the molecule is CCCCCCCCCC(C)[Se](=O)(=O)c1ccccc1. The topological polar surface area (TPSA) is 34.1 Å². The van der Waals surface area contributed by atoms with E-state index in [1.165, 1.54) is 32.1 Å². The summed E-state index contributed by atoms with van der Waals surface area (Å²) < 4.78 is 25.3. The second kappa shape index (κ2) is 9.31. The van der Waals surface area contributed by atoms with Crippen LogP contribution in [0.4, 0.5) is 0 Å². The minimum absolute atomic E-state index is 0.204. The fourth-order valence-corrected chi connectivity index (χ4v) is 5.49. The zero-order valence-corrected chi connectivity index (χ0v) is 14.6. The summed E-state index contributed by atoms with van der Waals surface area (Å²) in [5, 5.41) is 0.